The number of benzene rings is 1. The van der Waals surface area contributed by atoms with Gasteiger partial charge in [-0.05, 0) is 48.4 Å². The molecule has 2 aliphatic rings. The van der Waals surface area contributed by atoms with Crippen LogP contribution in [0.3, 0.4) is 0 Å². The van der Waals surface area contributed by atoms with Crippen molar-refractivity contribution in [1.82, 2.24) is 0 Å². The standard InChI is InChI=1S/C18H21NO4/c1-11-7-8-18(2)10-19(13-5-3-12(9-20)4-6-13)16(21)15(18)14(11)17(22)23/h3-6,9,11,14-15H,7-8,10H2,1-2H3,(H,22,23)/t11-,14?,15?,18-/m1/s1. The van der Waals surface area contributed by atoms with Crippen molar-refractivity contribution in [1.29, 1.82) is 0 Å². The third-order valence-electron chi connectivity index (χ3n) is 5.57. The highest BCUT2D eigenvalue weighted by Gasteiger charge is 2.58. The third-order valence-corrected chi connectivity index (χ3v) is 5.57. The van der Waals surface area contributed by atoms with Crippen molar-refractivity contribution < 1.29 is 19.5 Å². The van der Waals surface area contributed by atoms with Crippen molar-refractivity contribution in [3.05, 3.63) is 29.8 Å². The van der Waals surface area contributed by atoms with Gasteiger partial charge in [0.25, 0.3) is 0 Å². The normalized spacial score (nSPS) is 33.4. The minimum absolute atomic E-state index is 0.00640. The number of carboxylic acids is 1. The number of hydrogen-bond acceptors (Lipinski definition) is 3. The highest BCUT2D eigenvalue weighted by molar-refractivity contribution is 6.00. The second-order valence-corrected chi connectivity index (χ2v) is 7.15. The van der Waals surface area contributed by atoms with E-state index in [1.165, 1.54) is 0 Å². The van der Waals surface area contributed by atoms with Crippen LogP contribution in [-0.2, 0) is 9.59 Å². The zero-order valence-corrected chi connectivity index (χ0v) is 13.4. The predicted molar refractivity (Wildman–Crippen MR) is 85.3 cm³/mol. The Bertz CT molecular complexity index is 653. The molecule has 23 heavy (non-hydrogen) atoms. The quantitative estimate of drug-likeness (QED) is 0.870. The van der Waals surface area contributed by atoms with Crippen LogP contribution in [0.4, 0.5) is 5.69 Å². The maximum absolute atomic E-state index is 13.0. The van der Waals surface area contributed by atoms with Gasteiger partial charge in [0.05, 0.1) is 11.8 Å². The molecule has 5 nitrogen and oxygen atoms in total. The zero-order chi connectivity index (χ0) is 16.8. The van der Waals surface area contributed by atoms with Gasteiger partial charge >= 0.3 is 5.97 Å². The van der Waals surface area contributed by atoms with Crippen LogP contribution in [0, 0.1) is 23.2 Å². The Morgan fingerprint density at radius 2 is 2.00 bits per heavy atom. The molecule has 1 aliphatic carbocycles. The molecule has 0 spiro atoms. The lowest BCUT2D eigenvalue weighted by atomic mass is 9.60. The first-order valence-electron chi connectivity index (χ1n) is 7.97. The van der Waals surface area contributed by atoms with Crippen molar-refractivity contribution in [3.63, 3.8) is 0 Å². The molecule has 1 amide bonds. The van der Waals surface area contributed by atoms with Crippen LogP contribution in [0.5, 0.6) is 0 Å². The number of hydrogen-bond donors (Lipinski definition) is 1. The van der Waals surface area contributed by atoms with Gasteiger partial charge in [-0.2, -0.15) is 0 Å². The van der Waals surface area contributed by atoms with Gasteiger partial charge < -0.3 is 10.0 Å². The molecular formula is C18H21NO4. The Labute approximate surface area is 135 Å². The van der Waals surface area contributed by atoms with Crippen LogP contribution in [0.15, 0.2) is 24.3 Å². The second kappa shape index (κ2) is 5.48. The number of carbonyl (C=O) groups excluding carboxylic acids is 2. The zero-order valence-electron chi connectivity index (χ0n) is 13.4. The van der Waals surface area contributed by atoms with Gasteiger partial charge in [-0.1, -0.05) is 13.8 Å². The van der Waals surface area contributed by atoms with Gasteiger partial charge in [0, 0.05) is 17.8 Å². The molecule has 1 aromatic carbocycles. The average molecular weight is 315 g/mol. The number of aliphatic carboxylic acids is 1. The first-order chi connectivity index (χ1) is 10.9. The Kier molecular flexibility index (Phi) is 3.74. The van der Waals surface area contributed by atoms with Crippen molar-refractivity contribution in [2.24, 2.45) is 23.2 Å². The summed E-state index contributed by atoms with van der Waals surface area (Å²) in [6, 6.07) is 6.86. The molecule has 122 valence electrons. The number of fused-ring (bicyclic) bond motifs is 1. The molecule has 1 aromatic rings. The van der Waals surface area contributed by atoms with E-state index in [9.17, 15) is 19.5 Å². The Balaban J connectivity index is 1.96. The fourth-order valence-electron chi connectivity index (χ4n) is 4.23. The van der Waals surface area contributed by atoms with Gasteiger partial charge in [-0.15, -0.1) is 0 Å². The molecule has 1 saturated heterocycles. The number of aldehydes is 1. The fraction of sp³-hybridized carbons (Fsp3) is 0.500. The van der Waals surface area contributed by atoms with Crippen LogP contribution >= 0.6 is 0 Å². The van der Waals surface area contributed by atoms with Crippen molar-refractivity contribution >= 4 is 23.9 Å². The minimum Gasteiger partial charge on any atom is -0.481 e. The summed E-state index contributed by atoms with van der Waals surface area (Å²) >= 11 is 0. The van der Waals surface area contributed by atoms with E-state index in [2.05, 4.69) is 0 Å². The van der Waals surface area contributed by atoms with Gasteiger partial charge in [-0.3, -0.25) is 14.4 Å². The highest BCUT2D eigenvalue weighted by Crippen LogP contribution is 2.52. The Morgan fingerprint density at radius 3 is 2.57 bits per heavy atom. The number of nitrogens with zero attached hydrogens (tertiary/aromatic N) is 1. The lowest BCUT2D eigenvalue weighted by Gasteiger charge is -2.40. The second-order valence-electron chi connectivity index (χ2n) is 7.15. The van der Waals surface area contributed by atoms with Gasteiger partial charge in [0.2, 0.25) is 5.91 Å². The SMILES string of the molecule is C[C@@H]1CC[C@]2(C)CN(c3ccc(C=O)cc3)C(=O)C2C1C(=O)O. The summed E-state index contributed by atoms with van der Waals surface area (Å²) in [7, 11) is 0. The van der Waals surface area contributed by atoms with Gasteiger partial charge in [0.1, 0.15) is 6.29 Å². The summed E-state index contributed by atoms with van der Waals surface area (Å²) in [5.41, 5.74) is 0.977. The number of rotatable bonds is 3. The van der Waals surface area contributed by atoms with Crippen LogP contribution in [0.2, 0.25) is 0 Å². The highest BCUT2D eigenvalue weighted by atomic mass is 16.4. The van der Waals surface area contributed by atoms with Crippen molar-refractivity contribution in [2.75, 3.05) is 11.4 Å². The third kappa shape index (κ3) is 2.44. The summed E-state index contributed by atoms with van der Waals surface area (Å²) in [5.74, 6) is -2.08. The molecule has 0 aromatic heterocycles. The van der Waals surface area contributed by atoms with E-state index in [1.54, 1.807) is 29.2 Å². The number of amides is 1. The first-order valence-corrected chi connectivity index (χ1v) is 7.97. The lowest BCUT2D eigenvalue weighted by Crippen LogP contribution is -2.45. The maximum atomic E-state index is 13.0. The lowest BCUT2D eigenvalue weighted by molar-refractivity contribution is -0.153. The molecular weight excluding hydrogens is 294 g/mol. The van der Waals surface area contributed by atoms with E-state index in [0.29, 0.717) is 12.1 Å². The molecule has 4 atom stereocenters. The smallest absolute Gasteiger partial charge is 0.307 e. The van der Waals surface area contributed by atoms with E-state index in [4.69, 9.17) is 0 Å². The molecule has 3 rings (SSSR count). The molecule has 5 heteroatoms. The van der Waals surface area contributed by atoms with Crippen LogP contribution in [0.1, 0.15) is 37.0 Å². The van der Waals surface area contributed by atoms with Crippen LogP contribution < -0.4 is 4.90 Å². The topological polar surface area (TPSA) is 74.7 Å². The molecule has 1 heterocycles. The predicted octanol–water partition coefficient (Wildman–Crippen LogP) is 2.60. The Hall–Kier alpha value is -2.17. The summed E-state index contributed by atoms with van der Waals surface area (Å²) in [6.07, 6.45) is 2.45. The number of anilines is 1. The molecule has 1 aliphatic heterocycles. The monoisotopic (exact) mass is 315 g/mol. The number of carbonyl (C=O) groups is 3. The molecule has 1 saturated carbocycles. The van der Waals surface area contributed by atoms with E-state index in [0.717, 1.165) is 24.8 Å². The Morgan fingerprint density at radius 1 is 1.35 bits per heavy atom. The van der Waals surface area contributed by atoms with E-state index < -0.39 is 17.8 Å². The summed E-state index contributed by atoms with van der Waals surface area (Å²) < 4.78 is 0. The summed E-state index contributed by atoms with van der Waals surface area (Å²) in [6.45, 7) is 4.48. The van der Waals surface area contributed by atoms with Crippen LogP contribution in [0.25, 0.3) is 0 Å². The number of carboxylic acid groups (broad SMARTS) is 1. The first kappa shape index (κ1) is 15.7. The van der Waals surface area contributed by atoms with Crippen molar-refractivity contribution in [3.8, 4) is 0 Å². The largest absolute Gasteiger partial charge is 0.481 e. The molecule has 0 bridgehead atoms. The van der Waals surface area contributed by atoms with Gasteiger partial charge in [-0.25, -0.2) is 0 Å². The van der Waals surface area contributed by atoms with E-state index in [1.807, 2.05) is 13.8 Å². The average Bonchev–Trinajstić information content (AvgIpc) is 2.80. The van der Waals surface area contributed by atoms with Gasteiger partial charge in [0.15, 0.2) is 0 Å². The molecule has 0 radical (unpaired) electrons. The van der Waals surface area contributed by atoms with E-state index >= 15 is 0 Å². The maximum Gasteiger partial charge on any atom is 0.307 e. The minimum atomic E-state index is -0.875. The molecule has 2 fully saturated rings. The summed E-state index contributed by atoms with van der Waals surface area (Å²) in [4.78, 5) is 37.1. The van der Waals surface area contributed by atoms with Crippen LogP contribution in [-0.4, -0.2) is 29.8 Å². The van der Waals surface area contributed by atoms with E-state index in [-0.39, 0.29) is 17.2 Å². The summed E-state index contributed by atoms with van der Waals surface area (Å²) in [5, 5.41) is 9.60. The molecule has 1 N–H and O–H groups in total. The van der Waals surface area contributed by atoms with Crippen molar-refractivity contribution in [2.45, 2.75) is 26.7 Å². The molecule has 2 unspecified atom stereocenters. The fourth-order valence-corrected chi connectivity index (χ4v) is 4.23.